The van der Waals surface area contributed by atoms with Gasteiger partial charge in [0.15, 0.2) is 0 Å². The van der Waals surface area contributed by atoms with E-state index in [9.17, 15) is 4.79 Å². The van der Waals surface area contributed by atoms with E-state index in [4.69, 9.17) is 4.74 Å². The van der Waals surface area contributed by atoms with Crippen molar-refractivity contribution in [2.24, 2.45) is 0 Å². The summed E-state index contributed by atoms with van der Waals surface area (Å²) in [6.45, 7) is 10.8. The maximum atomic E-state index is 12.4. The zero-order valence-corrected chi connectivity index (χ0v) is 17.0. The van der Waals surface area contributed by atoms with Crippen LogP contribution in [0.5, 0.6) is 5.75 Å². The summed E-state index contributed by atoms with van der Waals surface area (Å²) in [5.74, 6) is 0.903. The number of likely N-dealkylation sites (N-methyl/N-ethyl adjacent to an activating group) is 1. The van der Waals surface area contributed by atoms with Gasteiger partial charge in [-0.05, 0) is 37.6 Å². The Labute approximate surface area is 163 Å². The lowest BCUT2D eigenvalue weighted by Gasteiger charge is -2.40. The molecule has 0 saturated carbocycles. The van der Waals surface area contributed by atoms with Gasteiger partial charge in [0.05, 0.1) is 13.1 Å². The van der Waals surface area contributed by atoms with Gasteiger partial charge in [0.2, 0.25) is 0 Å². The van der Waals surface area contributed by atoms with Crippen molar-refractivity contribution >= 4 is 6.03 Å². The summed E-state index contributed by atoms with van der Waals surface area (Å²) >= 11 is 0. The van der Waals surface area contributed by atoms with Gasteiger partial charge in [0.25, 0.3) is 0 Å². The van der Waals surface area contributed by atoms with E-state index in [1.54, 1.807) is 0 Å². The van der Waals surface area contributed by atoms with Crippen molar-refractivity contribution in [1.29, 1.82) is 0 Å². The fraction of sp³-hybridized carbons (Fsp3) is 0.667. The van der Waals surface area contributed by atoms with Crippen LogP contribution in [0.4, 0.5) is 4.79 Å². The molecular weight excluding hydrogens is 340 g/mol. The van der Waals surface area contributed by atoms with E-state index < -0.39 is 0 Å². The van der Waals surface area contributed by atoms with Gasteiger partial charge < -0.3 is 19.9 Å². The average Bonchev–Trinajstić information content (AvgIpc) is 2.66. The van der Waals surface area contributed by atoms with Crippen molar-refractivity contribution in [3.63, 3.8) is 0 Å². The molecule has 27 heavy (non-hydrogen) atoms. The molecule has 0 radical (unpaired) electrons. The summed E-state index contributed by atoms with van der Waals surface area (Å²) in [6.07, 6.45) is 2.16. The van der Waals surface area contributed by atoms with Gasteiger partial charge in [-0.15, -0.1) is 0 Å². The maximum absolute atomic E-state index is 12.4. The van der Waals surface area contributed by atoms with E-state index in [0.29, 0.717) is 19.1 Å². The molecule has 2 amide bonds. The van der Waals surface area contributed by atoms with Crippen molar-refractivity contribution in [2.75, 3.05) is 52.9 Å². The largest absolute Gasteiger partial charge is 0.487 e. The Hall–Kier alpha value is -1.79. The summed E-state index contributed by atoms with van der Waals surface area (Å²) in [5, 5.41) is 3.12. The monoisotopic (exact) mass is 374 g/mol. The quantitative estimate of drug-likeness (QED) is 0.794. The number of nitrogens with one attached hydrogen (secondary N) is 1. The van der Waals surface area contributed by atoms with Crippen LogP contribution in [0.2, 0.25) is 0 Å². The zero-order valence-electron chi connectivity index (χ0n) is 17.0. The Balaban J connectivity index is 1.38. The number of likely N-dealkylation sites (tertiary alicyclic amines) is 1. The molecule has 2 heterocycles. The van der Waals surface area contributed by atoms with Gasteiger partial charge in [0, 0.05) is 38.8 Å². The molecule has 3 rings (SSSR count). The van der Waals surface area contributed by atoms with Crippen LogP contribution in [-0.2, 0) is 6.42 Å². The van der Waals surface area contributed by atoms with E-state index >= 15 is 0 Å². The van der Waals surface area contributed by atoms with Gasteiger partial charge in [-0.3, -0.25) is 4.90 Å². The standard InChI is InChI=1S/C21H34N4O2/c1-4-17-7-6-8-19(13-17)27-20-15-25(16-20)21(26)22-14-18(5-2)24-11-9-23(3)10-12-24/h6-8,13,18,20H,4-5,9-12,14-16H2,1-3H3,(H,22,26)/t18-/m1/s1. The van der Waals surface area contributed by atoms with Gasteiger partial charge >= 0.3 is 6.03 Å². The van der Waals surface area contributed by atoms with Gasteiger partial charge in [-0.1, -0.05) is 26.0 Å². The van der Waals surface area contributed by atoms with Crippen LogP contribution < -0.4 is 10.1 Å². The number of rotatable bonds is 7. The molecule has 2 saturated heterocycles. The number of piperazine rings is 1. The molecule has 6 heteroatoms. The number of ether oxygens (including phenoxy) is 1. The number of amides is 2. The Kier molecular flexibility index (Phi) is 6.96. The third kappa shape index (κ3) is 5.36. The minimum absolute atomic E-state index is 0.0322. The molecule has 0 aliphatic carbocycles. The van der Waals surface area contributed by atoms with E-state index in [1.807, 2.05) is 17.0 Å². The third-order valence-electron chi connectivity index (χ3n) is 5.76. The van der Waals surface area contributed by atoms with Crippen molar-refractivity contribution < 1.29 is 9.53 Å². The van der Waals surface area contributed by atoms with Crippen LogP contribution in [0.15, 0.2) is 24.3 Å². The molecule has 2 aliphatic heterocycles. The Morgan fingerprint density at radius 1 is 1.22 bits per heavy atom. The highest BCUT2D eigenvalue weighted by molar-refractivity contribution is 5.75. The summed E-state index contributed by atoms with van der Waals surface area (Å²) in [7, 11) is 2.17. The van der Waals surface area contributed by atoms with Gasteiger partial charge in [-0.2, -0.15) is 0 Å². The number of carbonyl (C=O) groups excluding carboxylic acids is 1. The number of carbonyl (C=O) groups is 1. The van der Waals surface area contributed by atoms with E-state index in [0.717, 1.165) is 51.3 Å². The Morgan fingerprint density at radius 2 is 1.96 bits per heavy atom. The molecule has 2 fully saturated rings. The van der Waals surface area contributed by atoms with Gasteiger partial charge in [0.1, 0.15) is 11.9 Å². The summed E-state index contributed by atoms with van der Waals surface area (Å²) < 4.78 is 5.99. The number of hydrogen-bond acceptors (Lipinski definition) is 4. The SMILES string of the molecule is CCc1cccc(OC2CN(C(=O)NC[C@@H](CC)N3CCN(C)CC3)C2)c1. The lowest BCUT2D eigenvalue weighted by atomic mass is 10.1. The van der Waals surface area contributed by atoms with Crippen LogP contribution in [0.25, 0.3) is 0 Å². The molecule has 6 nitrogen and oxygen atoms in total. The second kappa shape index (κ2) is 9.42. The molecule has 1 aromatic rings. The van der Waals surface area contributed by atoms with Crippen LogP contribution >= 0.6 is 0 Å². The topological polar surface area (TPSA) is 48.1 Å². The molecule has 0 unspecified atom stereocenters. The van der Waals surface area contributed by atoms with E-state index in [-0.39, 0.29) is 12.1 Å². The first-order valence-electron chi connectivity index (χ1n) is 10.3. The summed E-state index contributed by atoms with van der Waals surface area (Å²) in [5.41, 5.74) is 1.27. The highest BCUT2D eigenvalue weighted by Gasteiger charge is 2.32. The lowest BCUT2D eigenvalue weighted by Crippen LogP contribution is -2.60. The Bertz CT molecular complexity index is 610. The predicted molar refractivity (Wildman–Crippen MR) is 108 cm³/mol. The second-order valence-corrected chi connectivity index (χ2v) is 7.73. The number of hydrogen-bond donors (Lipinski definition) is 1. The second-order valence-electron chi connectivity index (χ2n) is 7.73. The normalized spacial score (nSPS) is 20.2. The molecule has 0 aromatic heterocycles. The third-order valence-corrected chi connectivity index (χ3v) is 5.76. The first-order valence-corrected chi connectivity index (χ1v) is 10.3. The molecule has 1 atom stereocenters. The Morgan fingerprint density at radius 3 is 2.63 bits per heavy atom. The molecule has 1 aromatic carbocycles. The van der Waals surface area contributed by atoms with E-state index in [2.05, 4.69) is 48.1 Å². The molecule has 0 bridgehead atoms. The van der Waals surface area contributed by atoms with Crippen LogP contribution in [0.1, 0.15) is 25.8 Å². The minimum Gasteiger partial charge on any atom is -0.487 e. The summed E-state index contributed by atoms with van der Waals surface area (Å²) in [6, 6.07) is 8.67. The first-order chi connectivity index (χ1) is 13.1. The lowest BCUT2D eigenvalue weighted by molar-refractivity contribution is 0.0429. The maximum Gasteiger partial charge on any atom is 0.317 e. The average molecular weight is 375 g/mol. The number of benzene rings is 1. The predicted octanol–water partition coefficient (Wildman–Crippen LogP) is 2.05. The zero-order chi connectivity index (χ0) is 19.2. The number of nitrogens with zero attached hydrogens (tertiary/aromatic N) is 3. The molecule has 150 valence electrons. The van der Waals surface area contributed by atoms with Crippen LogP contribution in [0, 0.1) is 0 Å². The van der Waals surface area contributed by atoms with Crippen molar-refractivity contribution in [1.82, 2.24) is 20.0 Å². The fourth-order valence-electron chi connectivity index (χ4n) is 3.75. The highest BCUT2D eigenvalue weighted by atomic mass is 16.5. The van der Waals surface area contributed by atoms with Crippen LogP contribution in [0.3, 0.4) is 0 Å². The number of aryl methyl sites for hydroxylation is 1. The summed E-state index contributed by atoms with van der Waals surface area (Å²) in [4.78, 5) is 19.1. The molecular formula is C21H34N4O2. The fourth-order valence-corrected chi connectivity index (χ4v) is 3.75. The molecule has 1 N–H and O–H groups in total. The molecule has 0 spiro atoms. The van der Waals surface area contributed by atoms with Crippen LogP contribution in [-0.4, -0.2) is 85.7 Å². The smallest absolute Gasteiger partial charge is 0.317 e. The minimum atomic E-state index is 0.0322. The highest BCUT2D eigenvalue weighted by Crippen LogP contribution is 2.20. The van der Waals surface area contributed by atoms with Crippen molar-refractivity contribution in [3.8, 4) is 5.75 Å². The van der Waals surface area contributed by atoms with Gasteiger partial charge in [-0.25, -0.2) is 4.79 Å². The van der Waals surface area contributed by atoms with Crippen molar-refractivity contribution in [3.05, 3.63) is 29.8 Å². The first kappa shape index (κ1) is 20.0. The molecule has 2 aliphatic rings. The van der Waals surface area contributed by atoms with Crippen molar-refractivity contribution in [2.45, 2.75) is 38.8 Å². The number of urea groups is 1. The van der Waals surface area contributed by atoms with E-state index in [1.165, 1.54) is 5.56 Å².